The molecule has 1 rings (SSSR count). The second kappa shape index (κ2) is 4.30. The molecular formula is C11H11BrFNO. The Morgan fingerprint density at radius 2 is 2.13 bits per heavy atom. The molecule has 0 bridgehead atoms. The molecule has 80 valence electrons. The molecule has 1 atom stereocenters. The van der Waals surface area contributed by atoms with Crippen LogP contribution in [-0.2, 0) is 0 Å². The summed E-state index contributed by atoms with van der Waals surface area (Å²) in [5.74, 6) is -0.382. The van der Waals surface area contributed by atoms with Crippen LogP contribution in [0.3, 0.4) is 0 Å². The lowest BCUT2D eigenvalue weighted by Gasteiger charge is -2.24. The van der Waals surface area contributed by atoms with Crippen LogP contribution < -0.4 is 0 Å². The molecule has 0 saturated carbocycles. The highest BCUT2D eigenvalue weighted by molar-refractivity contribution is 9.10. The van der Waals surface area contributed by atoms with Crippen LogP contribution in [0.5, 0.6) is 0 Å². The number of halogens is 2. The predicted molar refractivity (Wildman–Crippen MR) is 58.5 cm³/mol. The first kappa shape index (κ1) is 12.2. The summed E-state index contributed by atoms with van der Waals surface area (Å²) in [5.41, 5.74) is -0.386. The Labute approximate surface area is 96.5 Å². The summed E-state index contributed by atoms with van der Waals surface area (Å²) >= 11 is 3.16. The maximum absolute atomic E-state index is 12.8. The fraction of sp³-hybridized carbons (Fsp3) is 0.364. The van der Waals surface area contributed by atoms with Crippen LogP contribution in [0.1, 0.15) is 25.5 Å². The fourth-order valence-electron chi connectivity index (χ4n) is 1.17. The SMILES string of the molecule is CC(C)(C#N)C(O)c1ccc(F)cc1Br. The molecule has 0 spiro atoms. The molecule has 0 heterocycles. The van der Waals surface area contributed by atoms with Gasteiger partial charge in [0, 0.05) is 4.47 Å². The van der Waals surface area contributed by atoms with Crippen molar-refractivity contribution < 1.29 is 9.50 Å². The number of hydrogen-bond acceptors (Lipinski definition) is 2. The highest BCUT2D eigenvalue weighted by Crippen LogP contribution is 2.36. The quantitative estimate of drug-likeness (QED) is 0.898. The van der Waals surface area contributed by atoms with Crippen molar-refractivity contribution in [3.63, 3.8) is 0 Å². The van der Waals surface area contributed by atoms with Crippen molar-refractivity contribution in [3.8, 4) is 6.07 Å². The molecule has 1 N–H and O–H groups in total. The van der Waals surface area contributed by atoms with Gasteiger partial charge in [-0.1, -0.05) is 22.0 Å². The Morgan fingerprint density at radius 1 is 1.53 bits per heavy atom. The lowest BCUT2D eigenvalue weighted by molar-refractivity contribution is 0.0860. The Morgan fingerprint density at radius 3 is 2.60 bits per heavy atom. The van der Waals surface area contributed by atoms with E-state index in [0.29, 0.717) is 10.0 Å². The molecule has 0 fully saturated rings. The van der Waals surface area contributed by atoms with Crippen molar-refractivity contribution in [2.24, 2.45) is 5.41 Å². The highest BCUT2D eigenvalue weighted by atomic mass is 79.9. The molecule has 4 heteroatoms. The van der Waals surface area contributed by atoms with Gasteiger partial charge in [-0.25, -0.2) is 4.39 Å². The van der Waals surface area contributed by atoms with Gasteiger partial charge in [-0.05, 0) is 31.5 Å². The monoisotopic (exact) mass is 271 g/mol. The third kappa shape index (κ3) is 2.55. The third-order valence-corrected chi connectivity index (χ3v) is 2.92. The smallest absolute Gasteiger partial charge is 0.124 e. The van der Waals surface area contributed by atoms with Gasteiger partial charge in [0.15, 0.2) is 0 Å². The molecule has 0 aromatic heterocycles. The Bertz CT molecular complexity index is 412. The van der Waals surface area contributed by atoms with Crippen molar-refractivity contribution >= 4 is 15.9 Å². The average Bonchev–Trinajstić information content (AvgIpc) is 2.17. The van der Waals surface area contributed by atoms with Crippen molar-refractivity contribution in [1.29, 1.82) is 5.26 Å². The van der Waals surface area contributed by atoms with E-state index in [1.165, 1.54) is 18.2 Å². The van der Waals surface area contributed by atoms with Crippen LogP contribution in [0.15, 0.2) is 22.7 Å². The van der Waals surface area contributed by atoms with Crippen LogP contribution in [0.4, 0.5) is 4.39 Å². The van der Waals surface area contributed by atoms with Crippen LogP contribution in [-0.4, -0.2) is 5.11 Å². The third-order valence-electron chi connectivity index (χ3n) is 2.23. The minimum Gasteiger partial charge on any atom is -0.387 e. The summed E-state index contributed by atoms with van der Waals surface area (Å²) in [7, 11) is 0. The molecule has 15 heavy (non-hydrogen) atoms. The molecule has 2 nitrogen and oxygen atoms in total. The molecule has 1 unspecified atom stereocenters. The summed E-state index contributed by atoms with van der Waals surface area (Å²) < 4.78 is 13.3. The highest BCUT2D eigenvalue weighted by Gasteiger charge is 2.30. The van der Waals surface area contributed by atoms with Crippen LogP contribution in [0.25, 0.3) is 0 Å². The Balaban J connectivity index is 3.13. The van der Waals surface area contributed by atoms with E-state index < -0.39 is 11.5 Å². The predicted octanol–water partition coefficient (Wildman–Crippen LogP) is 3.17. The summed E-state index contributed by atoms with van der Waals surface area (Å²) in [6.45, 7) is 3.26. The number of rotatable bonds is 2. The minimum atomic E-state index is -0.947. The summed E-state index contributed by atoms with van der Waals surface area (Å²) in [6.07, 6.45) is -0.947. The standard InChI is InChI=1S/C11H11BrFNO/c1-11(2,6-14)10(15)8-4-3-7(13)5-9(8)12/h3-5,10,15H,1-2H3. The van der Waals surface area contributed by atoms with Crippen LogP contribution >= 0.6 is 15.9 Å². The zero-order valence-electron chi connectivity index (χ0n) is 8.46. The van der Waals surface area contributed by atoms with E-state index in [9.17, 15) is 9.50 Å². The zero-order valence-corrected chi connectivity index (χ0v) is 10.0. The van der Waals surface area contributed by atoms with E-state index in [0.717, 1.165) is 0 Å². The Hall–Kier alpha value is -0.920. The summed E-state index contributed by atoms with van der Waals surface area (Å²) in [6, 6.07) is 6.02. The van der Waals surface area contributed by atoms with Crippen molar-refractivity contribution in [2.75, 3.05) is 0 Å². The first-order valence-corrected chi connectivity index (χ1v) is 5.22. The number of benzene rings is 1. The van der Waals surface area contributed by atoms with E-state index in [2.05, 4.69) is 15.9 Å². The minimum absolute atomic E-state index is 0.382. The largest absolute Gasteiger partial charge is 0.387 e. The summed E-state index contributed by atoms with van der Waals surface area (Å²) in [4.78, 5) is 0. The normalized spacial score (nSPS) is 13.3. The van der Waals surface area contributed by atoms with E-state index in [1.54, 1.807) is 13.8 Å². The summed E-state index contributed by atoms with van der Waals surface area (Å²) in [5, 5.41) is 18.8. The lowest BCUT2D eigenvalue weighted by Crippen LogP contribution is -2.20. The Kier molecular flexibility index (Phi) is 3.48. The molecule has 1 aromatic rings. The van der Waals surface area contributed by atoms with E-state index in [-0.39, 0.29) is 5.82 Å². The van der Waals surface area contributed by atoms with Gasteiger partial charge in [0.05, 0.1) is 17.6 Å². The molecule has 0 radical (unpaired) electrons. The van der Waals surface area contributed by atoms with E-state index >= 15 is 0 Å². The lowest BCUT2D eigenvalue weighted by atomic mass is 9.84. The van der Waals surface area contributed by atoms with Gasteiger partial charge in [0.1, 0.15) is 5.82 Å². The molecule has 0 saturated heterocycles. The molecule has 1 aromatic carbocycles. The van der Waals surface area contributed by atoms with Gasteiger partial charge >= 0.3 is 0 Å². The molecular weight excluding hydrogens is 261 g/mol. The van der Waals surface area contributed by atoms with Crippen LogP contribution in [0, 0.1) is 22.6 Å². The number of aliphatic hydroxyl groups is 1. The zero-order chi connectivity index (χ0) is 11.6. The van der Waals surface area contributed by atoms with Gasteiger partial charge in [-0.2, -0.15) is 5.26 Å². The van der Waals surface area contributed by atoms with Gasteiger partial charge in [-0.3, -0.25) is 0 Å². The number of nitriles is 1. The fourth-order valence-corrected chi connectivity index (χ4v) is 1.74. The van der Waals surface area contributed by atoms with Gasteiger partial charge < -0.3 is 5.11 Å². The van der Waals surface area contributed by atoms with E-state index in [4.69, 9.17) is 5.26 Å². The maximum atomic E-state index is 12.8. The van der Waals surface area contributed by atoms with Crippen molar-refractivity contribution in [2.45, 2.75) is 20.0 Å². The molecule has 0 amide bonds. The van der Waals surface area contributed by atoms with Crippen molar-refractivity contribution in [3.05, 3.63) is 34.1 Å². The van der Waals surface area contributed by atoms with Gasteiger partial charge in [0.2, 0.25) is 0 Å². The molecule has 0 aliphatic carbocycles. The van der Waals surface area contributed by atoms with Crippen LogP contribution in [0.2, 0.25) is 0 Å². The van der Waals surface area contributed by atoms with Gasteiger partial charge in [0.25, 0.3) is 0 Å². The number of aliphatic hydroxyl groups excluding tert-OH is 1. The number of hydrogen-bond donors (Lipinski definition) is 1. The molecule has 0 aliphatic rings. The van der Waals surface area contributed by atoms with E-state index in [1.807, 2.05) is 6.07 Å². The van der Waals surface area contributed by atoms with Crippen molar-refractivity contribution in [1.82, 2.24) is 0 Å². The maximum Gasteiger partial charge on any atom is 0.124 e. The first-order valence-electron chi connectivity index (χ1n) is 4.43. The first-order chi connectivity index (χ1) is 6.88. The molecule has 0 aliphatic heterocycles. The topological polar surface area (TPSA) is 44.0 Å². The second-order valence-electron chi connectivity index (χ2n) is 3.90. The average molecular weight is 272 g/mol. The van der Waals surface area contributed by atoms with Gasteiger partial charge in [-0.15, -0.1) is 0 Å². The second-order valence-corrected chi connectivity index (χ2v) is 4.76. The number of nitrogens with zero attached hydrogens (tertiary/aromatic N) is 1.